The summed E-state index contributed by atoms with van der Waals surface area (Å²) in [6, 6.07) is 8.70. The predicted octanol–water partition coefficient (Wildman–Crippen LogP) is 3.88. The van der Waals surface area contributed by atoms with Gasteiger partial charge in [0, 0.05) is 11.7 Å². The molecule has 0 saturated heterocycles. The molecule has 2 unspecified atom stereocenters. The topological polar surface area (TPSA) is 55.1 Å². The van der Waals surface area contributed by atoms with Gasteiger partial charge in [-0.3, -0.25) is 4.79 Å². The Morgan fingerprint density at radius 3 is 2.62 bits per heavy atom. The highest BCUT2D eigenvalue weighted by Crippen LogP contribution is 2.28. The number of amides is 1. The Morgan fingerprint density at radius 2 is 1.95 bits per heavy atom. The van der Waals surface area contributed by atoms with Crippen molar-refractivity contribution in [1.29, 1.82) is 0 Å². The van der Waals surface area contributed by atoms with E-state index in [1.54, 1.807) is 0 Å². The Hall–Kier alpha value is -1.51. The molecule has 3 N–H and O–H groups in total. The van der Waals surface area contributed by atoms with E-state index in [0.717, 1.165) is 17.2 Å². The van der Waals surface area contributed by atoms with Gasteiger partial charge in [0.2, 0.25) is 5.91 Å². The van der Waals surface area contributed by atoms with Crippen LogP contribution in [0.15, 0.2) is 24.3 Å². The molecular formula is C18H28N2O. The van der Waals surface area contributed by atoms with Gasteiger partial charge in [-0.05, 0) is 42.9 Å². The first-order chi connectivity index (χ1) is 10.2. The number of carbonyl (C=O) groups excluding carboxylic acids is 1. The van der Waals surface area contributed by atoms with E-state index in [-0.39, 0.29) is 5.91 Å². The van der Waals surface area contributed by atoms with E-state index in [9.17, 15) is 4.79 Å². The zero-order valence-electron chi connectivity index (χ0n) is 13.1. The zero-order chi connectivity index (χ0) is 15.1. The molecule has 1 fully saturated rings. The molecule has 1 aliphatic carbocycles. The van der Waals surface area contributed by atoms with Crippen LogP contribution in [0.3, 0.4) is 0 Å². The lowest BCUT2D eigenvalue weighted by atomic mass is 9.95. The van der Waals surface area contributed by atoms with Crippen molar-refractivity contribution in [3.8, 4) is 0 Å². The Labute approximate surface area is 128 Å². The van der Waals surface area contributed by atoms with Gasteiger partial charge < -0.3 is 11.1 Å². The maximum Gasteiger partial charge on any atom is 0.221 e. The maximum atomic E-state index is 10.9. The quantitative estimate of drug-likeness (QED) is 0.781. The van der Waals surface area contributed by atoms with Crippen LogP contribution in [0.2, 0.25) is 0 Å². The highest BCUT2D eigenvalue weighted by molar-refractivity contribution is 5.76. The number of nitrogens with two attached hydrogens (primary N) is 1. The molecule has 0 heterocycles. The van der Waals surface area contributed by atoms with Gasteiger partial charge in [-0.25, -0.2) is 0 Å². The fourth-order valence-corrected chi connectivity index (χ4v) is 3.38. The number of primary amides is 1. The van der Waals surface area contributed by atoms with Crippen LogP contribution in [0.1, 0.15) is 57.4 Å². The van der Waals surface area contributed by atoms with Gasteiger partial charge in [0.15, 0.2) is 0 Å². The fraction of sp³-hybridized carbons (Fsp3) is 0.611. The molecule has 1 aromatic rings. The van der Waals surface area contributed by atoms with Crippen molar-refractivity contribution in [2.75, 3.05) is 5.32 Å². The van der Waals surface area contributed by atoms with Gasteiger partial charge in [0.25, 0.3) is 0 Å². The van der Waals surface area contributed by atoms with E-state index in [4.69, 9.17) is 5.73 Å². The van der Waals surface area contributed by atoms with Crippen LogP contribution in [0.5, 0.6) is 0 Å². The minimum absolute atomic E-state index is 0.276. The third-order valence-electron chi connectivity index (χ3n) is 4.49. The van der Waals surface area contributed by atoms with Crippen molar-refractivity contribution in [2.24, 2.45) is 11.7 Å². The predicted molar refractivity (Wildman–Crippen MR) is 88.2 cm³/mol. The largest absolute Gasteiger partial charge is 0.382 e. The summed E-state index contributed by atoms with van der Waals surface area (Å²) < 4.78 is 0. The van der Waals surface area contributed by atoms with Gasteiger partial charge in [0.05, 0.1) is 6.42 Å². The molecular weight excluding hydrogens is 260 g/mol. The third-order valence-corrected chi connectivity index (χ3v) is 4.49. The van der Waals surface area contributed by atoms with Crippen molar-refractivity contribution in [3.63, 3.8) is 0 Å². The molecule has 1 aliphatic rings. The normalized spacial score (nSPS) is 22.5. The molecule has 0 aliphatic heterocycles. The molecule has 21 heavy (non-hydrogen) atoms. The average Bonchev–Trinajstić information content (AvgIpc) is 2.67. The van der Waals surface area contributed by atoms with Crippen LogP contribution in [-0.2, 0) is 11.2 Å². The van der Waals surface area contributed by atoms with Crippen LogP contribution < -0.4 is 11.1 Å². The van der Waals surface area contributed by atoms with Crippen LogP contribution >= 0.6 is 0 Å². The fourth-order valence-electron chi connectivity index (χ4n) is 3.38. The maximum absolute atomic E-state index is 10.9. The first-order valence-corrected chi connectivity index (χ1v) is 8.31. The average molecular weight is 288 g/mol. The lowest BCUT2D eigenvalue weighted by Gasteiger charge is -2.18. The molecule has 3 heteroatoms. The van der Waals surface area contributed by atoms with Gasteiger partial charge >= 0.3 is 0 Å². The molecule has 2 atom stereocenters. The van der Waals surface area contributed by atoms with Crippen molar-refractivity contribution in [2.45, 2.75) is 64.3 Å². The smallest absolute Gasteiger partial charge is 0.221 e. The molecule has 0 bridgehead atoms. The van der Waals surface area contributed by atoms with E-state index in [1.807, 2.05) is 12.1 Å². The van der Waals surface area contributed by atoms with Gasteiger partial charge in [-0.1, -0.05) is 44.7 Å². The van der Waals surface area contributed by atoms with Crippen molar-refractivity contribution in [3.05, 3.63) is 29.8 Å². The number of hydrogen-bond acceptors (Lipinski definition) is 2. The summed E-state index contributed by atoms with van der Waals surface area (Å²) in [6.07, 6.45) is 9.63. The monoisotopic (exact) mass is 288 g/mol. The molecule has 0 radical (unpaired) electrons. The summed E-state index contributed by atoms with van der Waals surface area (Å²) in [5.41, 5.74) is 7.35. The number of rotatable bonds is 6. The second-order valence-electron chi connectivity index (χ2n) is 6.34. The lowest BCUT2D eigenvalue weighted by Crippen LogP contribution is -2.18. The lowest BCUT2D eigenvalue weighted by molar-refractivity contribution is -0.117. The first kappa shape index (κ1) is 15.9. The Bertz CT molecular complexity index is 441. The van der Waals surface area contributed by atoms with Gasteiger partial charge in [-0.15, -0.1) is 0 Å². The Morgan fingerprint density at radius 1 is 1.19 bits per heavy atom. The summed E-state index contributed by atoms with van der Waals surface area (Å²) in [5.74, 6) is 0.654. The number of hydrogen-bond donors (Lipinski definition) is 2. The Balaban J connectivity index is 1.85. The SMILES string of the molecule is CCCC1CCCC(Nc2ccc(CC(N)=O)cc2)CC1. The van der Waals surface area contributed by atoms with Crippen LogP contribution in [-0.4, -0.2) is 11.9 Å². The summed E-state index contributed by atoms with van der Waals surface area (Å²) in [4.78, 5) is 10.9. The third kappa shape index (κ3) is 5.41. The van der Waals surface area contributed by atoms with E-state index in [2.05, 4.69) is 24.4 Å². The summed E-state index contributed by atoms with van der Waals surface area (Å²) in [5, 5.41) is 3.65. The number of benzene rings is 1. The molecule has 3 nitrogen and oxygen atoms in total. The highest BCUT2D eigenvalue weighted by atomic mass is 16.1. The van der Waals surface area contributed by atoms with Crippen molar-refractivity contribution in [1.82, 2.24) is 0 Å². The molecule has 2 rings (SSSR count). The van der Waals surface area contributed by atoms with Crippen LogP contribution in [0.25, 0.3) is 0 Å². The summed E-state index contributed by atoms with van der Waals surface area (Å²) >= 11 is 0. The highest BCUT2D eigenvalue weighted by Gasteiger charge is 2.18. The van der Waals surface area contributed by atoms with Crippen molar-refractivity contribution < 1.29 is 4.79 Å². The molecule has 0 aromatic heterocycles. The Kier molecular flexibility index (Phi) is 6.09. The zero-order valence-corrected chi connectivity index (χ0v) is 13.1. The molecule has 0 spiro atoms. The molecule has 1 amide bonds. The number of carbonyl (C=O) groups is 1. The second-order valence-corrected chi connectivity index (χ2v) is 6.34. The van der Waals surface area contributed by atoms with Crippen LogP contribution in [0, 0.1) is 5.92 Å². The first-order valence-electron chi connectivity index (χ1n) is 8.31. The van der Waals surface area contributed by atoms with E-state index >= 15 is 0 Å². The molecule has 1 saturated carbocycles. The second kappa shape index (κ2) is 8.06. The minimum Gasteiger partial charge on any atom is -0.382 e. The summed E-state index contributed by atoms with van der Waals surface area (Å²) in [6.45, 7) is 2.29. The number of anilines is 1. The minimum atomic E-state index is -0.276. The van der Waals surface area contributed by atoms with E-state index in [1.165, 1.54) is 44.9 Å². The van der Waals surface area contributed by atoms with Crippen molar-refractivity contribution >= 4 is 11.6 Å². The van der Waals surface area contributed by atoms with E-state index in [0.29, 0.717) is 12.5 Å². The molecule has 1 aromatic carbocycles. The molecule has 116 valence electrons. The van der Waals surface area contributed by atoms with Crippen LogP contribution in [0.4, 0.5) is 5.69 Å². The van der Waals surface area contributed by atoms with Gasteiger partial charge in [0.1, 0.15) is 0 Å². The van der Waals surface area contributed by atoms with Gasteiger partial charge in [-0.2, -0.15) is 0 Å². The number of nitrogens with one attached hydrogen (secondary N) is 1. The standard InChI is InChI=1S/C18H28N2O/c1-2-4-14-5-3-6-16(10-7-14)20-17-11-8-15(9-12-17)13-18(19)21/h8-9,11-12,14,16,20H,2-7,10,13H2,1H3,(H2,19,21). The summed E-state index contributed by atoms with van der Waals surface area (Å²) in [7, 11) is 0. The van der Waals surface area contributed by atoms with E-state index < -0.39 is 0 Å².